The molecule has 0 bridgehead atoms. The molecule has 367 valence electrons. The molecule has 4 aromatic heterocycles. The Morgan fingerprint density at radius 3 is 2.01 bits per heavy atom. The number of benzene rings is 8. The molecule has 12 rings (SSSR count). The van der Waals surface area contributed by atoms with Crippen LogP contribution in [0.3, 0.4) is 0 Å². The Morgan fingerprint density at radius 1 is 0.630 bits per heavy atom. The smallest absolute Gasteiger partial charge is 0.136 e. The first-order valence-corrected chi connectivity index (χ1v) is 24.8. The third kappa shape index (κ3) is 8.89. The van der Waals surface area contributed by atoms with Crippen molar-refractivity contribution in [1.82, 2.24) is 14.5 Å². The van der Waals surface area contributed by atoms with E-state index in [-0.39, 0.29) is 48.5 Å². The fraction of sp³-hybridized carbons (Fsp3) is 0.224. The molecule has 8 aromatic carbocycles. The predicted octanol–water partition coefficient (Wildman–Crippen LogP) is 18.9. The van der Waals surface area contributed by atoms with Crippen molar-refractivity contribution in [2.45, 2.75) is 99.2 Å². The van der Waals surface area contributed by atoms with Crippen LogP contribution in [-0.4, -0.2) is 14.5 Å². The quantitative estimate of drug-likeness (QED) is 0.149. The molecule has 4 heterocycles. The third-order valence-corrected chi connectivity index (χ3v) is 13.9. The minimum Gasteiger partial charge on any atom is -0.501 e. The van der Waals surface area contributed by atoms with E-state index in [1.165, 1.54) is 17.2 Å². The van der Waals surface area contributed by atoms with Gasteiger partial charge in [-0.25, -0.2) is 0 Å². The molecule has 0 amide bonds. The van der Waals surface area contributed by atoms with Crippen LogP contribution in [0.25, 0.3) is 105 Å². The van der Waals surface area contributed by atoms with Gasteiger partial charge in [0, 0.05) is 63.1 Å². The van der Waals surface area contributed by atoms with E-state index in [0.717, 1.165) is 77.4 Å². The minimum atomic E-state index is -2.42. The van der Waals surface area contributed by atoms with E-state index in [9.17, 15) is 0 Å². The minimum absolute atomic E-state index is 0. The van der Waals surface area contributed by atoms with Crippen molar-refractivity contribution >= 4 is 65.7 Å². The Balaban J connectivity index is 0.000000243. The van der Waals surface area contributed by atoms with E-state index < -0.39 is 19.6 Å². The number of rotatable bonds is 7. The van der Waals surface area contributed by atoms with Gasteiger partial charge in [-0.3, -0.25) is 4.98 Å². The van der Waals surface area contributed by atoms with E-state index in [2.05, 4.69) is 143 Å². The number of nitrogens with zero attached hydrogens (tertiary/aromatic N) is 3. The van der Waals surface area contributed by atoms with Crippen LogP contribution in [-0.2, 0) is 25.5 Å². The average Bonchev–Trinajstić information content (AvgIpc) is 4.10. The summed E-state index contributed by atoms with van der Waals surface area (Å²) in [5, 5.41) is 5.24. The van der Waals surface area contributed by atoms with Gasteiger partial charge in [-0.1, -0.05) is 172 Å². The summed E-state index contributed by atoms with van der Waals surface area (Å²) < 4.78 is 71.9. The molecular formula is C67H61IrN3O2-2. The Hall–Kier alpha value is -7.11. The number of imidazole rings is 1. The number of aryl methyl sites for hydroxylation is 2. The van der Waals surface area contributed by atoms with Gasteiger partial charge in [0.05, 0.1) is 22.4 Å². The molecule has 73 heavy (non-hydrogen) atoms. The van der Waals surface area contributed by atoms with E-state index in [0.29, 0.717) is 38.9 Å². The van der Waals surface area contributed by atoms with Crippen LogP contribution < -0.4 is 0 Å². The van der Waals surface area contributed by atoms with Gasteiger partial charge in [0.2, 0.25) is 0 Å². The van der Waals surface area contributed by atoms with Crippen LogP contribution in [0.5, 0.6) is 0 Å². The van der Waals surface area contributed by atoms with Gasteiger partial charge >= 0.3 is 0 Å². The number of aromatic nitrogens is 3. The van der Waals surface area contributed by atoms with Crippen molar-refractivity contribution in [3.8, 4) is 39.5 Å². The average molecular weight is 1140 g/mol. The monoisotopic (exact) mass is 1140 g/mol. The van der Waals surface area contributed by atoms with Crippen molar-refractivity contribution in [2.75, 3.05) is 0 Å². The van der Waals surface area contributed by atoms with Gasteiger partial charge in [-0.2, -0.15) is 0 Å². The second-order valence-electron chi connectivity index (χ2n) is 20.8. The maximum absolute atomic E-state index is 8.62. The summed E-state index contributed by atoms with van der Waals surface area (Å²) in [5.74, 6) is 0.228. The van der Waals surface area contributed by atoms with Crippen molar-refractivity contribution in [3.05, 3.63) is 197 Å². The number of hydrogen-bond acceptors (Lipinski definition) is 4. The molecule has 0 unspecified atom stereocenters. The number of fused-ring (bicyclic) bond motifs is 9. The van der Waals surface area contributed by atoms with Gasteiger partial charge in [-0.05, 0) is 104 Å². The predicted molar refractivity (Wildman–Crippen MR) is 302 cm³/mol. The maximum Gasteiger partial charge on any atom is 0.136 e. The van der Waals surface area contributed by atoms with Crippen LogP contribution in [0.2, 0.25) is 0 Å². The van der Waals surface area contributed by atoms with Crippen molar-refractivity contribution in [3.63, 3.8) is 0 Å². The summed E-state index contributed by atoms with van der Waals surface area (Å²) in [5.41, 5.74) is 14.4. The topological polar surface area (TPSA) is 57.0 Å². The third-order valence-electron chi connectivity index (χ3n) is 13.9. The normalized spacial score (nSPS) is 13.9. The zero-order valence-corrected chi connectivity index (χ0v) is 45.0. The Morgan fingerprint density at radius 2 is 1.33 bits per heavy atom. The first kappa shape index (κ1) is 41.4. The Labute approximate surface area is 452 Å². The van der Waals surface area contributed by atoms with Crippen LogP contribution in [0.15, 0.2) is 161 Å². The summed E-state index contributed by atoms with van der Waals surface area (Å²) in [6.45, 7) is 14.5. The standard InChI is InChI=1S/C48H37N2O2.C19H24N.Ir/c1-27(2)36-23-32(30-13-7-6-8-14-30)24-37(28(3)4)45(36)50-46-33-16-10-9-15-31(33)20-22-40(46)49-48(50)35-21-19-29(5)44-39-26-42-38(25-43(39)52-47(35)44)34-17-11-12-18-41(34)51-42;1-13(2)16-12-20-18(11-17(16)19(4,5)6)15-9-7-14(3)8-10-15;/h6-20,22-28H,1-5H3;7-9,11-13H,1-6H3;/q2*-1;/i5D3;3D3,13D;. The fourth-order valence-corrected chi connectivity index (χ4v) is 10.3. The van der Waals surface area contributed by atoms with Gasteiger partial charge in [0.15, 0.2) is 0 Å². The number of pyridine rings is 1. The molecule has 0 aliphatic carbocycles. The van der Waals surface area contributed by atoms with Gasteiger partial charge in [0.25, 0.3) is 0 Å². The summed E-state index contributed by atoms with van der Waals surface area (Å²) >= 11 is 0. The molecular weight excluding hydrogens is 1070 g/mol. The van der Waals surface area contributed by atoms with Crippen LogP contribution >= 0.6 is 0 Å². The van der Waals surface area contributed by atoms with Crippen LogP contribution in [0.1, 0.15) is 123 Å². The van der Waals surface area contributed by atoms with E-state index in [4.69, 9.17) is 23.4 Å². The summed E-state index contributed by atoms with van der Waals surface area (Å²) in [7, 11) is 0. The van der Waals surface area contributed by atoms with Crippen LogP contribution in [0.4, 0.5) is 0 Å². The van der Waals surface area contributed by atoms with Gasteiger partial charge in [0.1, 0.15) is 16.7 Å². The molecule has 12 aromatic rings. The summed E-state index contributed by atoms with van der Waals surface area (Å²) in [4.78, 5) is 9.89. The van der Waals surface area contributed by atoms with E-state index in [1.807, 2.05) is 62.4 Å². The Bertz CT molecular complexity index is 4280. The Kier molecular flexibility index (Phi) is 11.0. The molecule has 0 aliphatic heterocycles. The largest absolute Gasteiger partial charge is 0.501 e. The number of hydrogen-bond donors (Lipinski definition) is 0. The molecule has 0 saturated heterocycles. The SMILES string of the molecule is [2H]C([2H])([2H])c1c[c-]c(-c2cc(C(C)(C)C)c(C([2H])(C)C)cn2)cc1.[2H]C([2H])([2H])c1c[c-]c(-c2nc3ccc4ccccc4c3n2-c2c(C(C)C)cc(-c3ccccc3)cc2C(C)C)c2oc3cc4c(cc3c12)oc1ccccc14.[Ir]. The fourth-order valence-electron chi connectivity index (χ4n) is 10.3. The molecule has 0 saturated carbocycles. The first-order chi connectivity index (χ1) is 37.4. The van der Waals surface area contributed by atoms with E-state index >= 15 is 0 Å². The molecule has 0 fully saturated rings. The first-order valence-electron chi connectivity index (χ1n) is 28.3. The molecule has 6 heteroatoms. The van der Waals surface area contributed by atoms with E-state index in [1.54, 1.807) is 24.4 Å². The summed E-state index contributed by atoms with van der Waals surface area (Å²) in [6, 6.07) is 54.4. The zero-order chi connectivity index (χ0) is 56.1. The summed E-state index contributed by atoms with van der Waals surface area (Å²) in [6.07, 6.45) is 1.76. The molecule has 0 N–H and O–H groups in total. The second-order valence-corrected chi connectivity index (χ2v) is 20.8. The van der Waals surface area contributed by atoms with Gasteiger partial charge < -0.3 is 18.4 Å². The zero-order valence-electron chi connectivity index (χ0n) is 49.6. The molecule has 0 spiro atoms. The van der Waals surface area contributed by atoms with Crippen molar-refractivity contribution < 1.29 is 38.5 Å². The number of furan rings is 2. The van der Waals surface area contributed by atoms with Crippen LogP contribution in [0, 0.1) is 25.8 Å². The molecule has 0 atom stereocenters. The van der Waals surface area contributed by atoms with Crippen molar-refractivity contribution in [1.29, 1.82) is 0 Å². The number of para-hydroxylation sites is 1. The van der Waals surface area contributed by atoms with Crippen molar-refractivity contribution in [2.24, 2.45) is 0 Å². The van der Waals surface area contributed by atoms with Gasteiger partial charge in [-0.15, -0.1) is 53.1 Å². The molecule has 0 aliphatic rings. The molecule has 1 radical (unpaired) electrons. The molecule has 5 nitrogen and oxygen atoms in total. The maximum atomic E-state index is 8.62. The second kappa shape index (κ2) is 19.4.